The molecule has 0 aliphatic heterocycles. The Hall–Kier alpha value is -4.44. The van der Waals surface area contributed by atoms with E-state index in [9.17, 15) is 4.79 Å². The molecule has 5 rings (SSSR count). The van der Waals surface area contributed by atoms with Crippen molar-refractivity contribution in [3.63, 3.8) is 0 Å². The summed E-state index contributed by atoms with van der Waals surface area (Å²) < 4.78 is 11.3. The molecule has 0 aliphatic rings. The number of hydrogen-bond acceptors (Lipinski definition) is 4. The van der Waals surface area contributed by atoms with Crippen molar-refractivity contribution in [3.8, 4) is 33.9 Å². The van der Waals surface area contributed by atoms with Crippen LogP contribution in [0.5, 0.6) is 11.6 Å². The smallest absolute Gasteiger partial charge is 0.343 e. The first-order valence-corrected chi connectivity index (χ1v) is 10.6. The minimum atomic E-state index is -0.413. The van der Waals surface area contributed by atoms with Crippen molar-refractivity contribution in [2.45, 2.75) is 0 Å². The fourth-order valence-electron chi connectivity index (χ4n) is 3.92. The summed E-state index contributed by atoms with van der Waals surface area (Å²) in [7, 11) is 1.58. The first-order chi connectivity index (χ1) is 16.2. The predicted octanol–water partition coefficient (Wildman–Crippen LogP) is 6.80. The predicted molar refractivity (Wildman–Crippen MR) is 131 cm³/mol. The lowest BCUT2D eigenvalue weighted by Gasteiger charge is -2.14. The number of pyridine rings is 1. The molecule has 0 atom stereocenters. The van der Waals surface area contributed by atoms with Gasteiger partial charge in [-0.3, -0.25) is 0 Å². The van der Waals surface area contributed by atoms with Gasteiger partial charge in [0.1, 0.15) is 5.75 Å². The van der Waals surface area contributed by atoms with Gasteiger partial charge in [-0.25, -0.2) is 9.78 Å². The van der Waals surface area contributed by atoms with Crippen molar-refractivity contribution in [3.05, 3.63) is 115 Å². The molecule has 5 aromatic rings. The maximum atomic E-state index is 12.8. The van der Waals surface area contributed by atoms with E-state index < -0.39 is 5.97 Å². The largest absolute Gasteiger partial charge is 0.481 e. The second-order valence-electron chi connectivity index (χ2n) is 7.56. The number of fused-ring (bicyclic) bond motifs is 1. The highest BCUT2D eigenvalue weighted by Gasteiger charge is 2.17. The molecule has 0 N–H and O–H groups in total. The molecule has 0 aliphatic carbocycles. The van der Waals surface area contributed by atoms with Gasteiger partial charge in [0.15, 0.2) is 0 Å². The quantitative estimate of drug-likeness (QED) is 0.227. The zero-order valence-electron chi connectivity index (χ0n) is 18.1. The van der Waals surface area contributed by atoms with E-state index in [1.807, 2.05) is 48.5 Å². The van der Waals surface area contributed by atoms with Crippen molar-refractivity contribution in [1.82, 2.24) is 4.98 Å². The van der Waals surface area contributed by atoms with Crippen molar-refractivity contribution < 1.29 is 14.3 Å². The van der Waals surface area contributed by atoms with Crippen LogP contribution in [0.1, 0.15) is 10.4 Å². The first kappa shape index (κ1) is 20.5. The lowest BCUT2D eigenvalue weighted by Crippen LogP contribution is -2.08. The van der Waals surface area contributed by atoms with Crippen LogP contribution in [-0.2, 0) is 0 Å². The van der Waals surface area contributed by atoms with E-state index >= 15 is 0 Å². The molecule has 4 heteroatoms. The SMILES string of the molecule is COc1ncc(-c2ccc(-c3ccccc3)cc2)c2c(OC(=O)c3ccccc3)cccc12. The molecule has 0 amide bonds. The van der Waals surface area contributed by atoms with Crippen molar-refractivity contribution in [1.29, 1.82) is 0 Å². The summed E-state index contributed by atoms with van der Waals surface area (Å²) in [4.78, 5) is 17.3. The van der Waals surface area contributed by atoms with Crippen LogP contribution in [0.3, 0.4) is 0 Å². The molecule has 4 nitrogen and oxygen atoms in total. The number of carbonyl (C=O) groups excluding carboxylic acids is 1. The Bertz CT molecular complexity index is 1410. The monoisotopic (exact) mass is 431 g/mol. The Balaban J connectivity index is 1.61. The van der Waals surface area contributed by atoms with Gasteiger partial charge < -0.3 is 9.47 Å². The maximum absolute atomic E-state index is 12.8. The molecule has 160 valence electrons. The number of aromatic nitrogens is 1. The van der Waals surface area contributed by atoms with Gasteiger partial charge in [-0.1, -0.05) is 78.9 Å². The summed E-state index contributed by atoms with van der Waals surface area (Å²) >= 11 is 0. The Kier molecular flexibility index (Phi) is 5.56. The zero-order valence-corrected chi connectivity index (χ0v) is 18.1. The van der Waals surface area contributed by atoms with E-state index in [0.29, 0.717) is 17.2 Å². The average molecular weight is 431 g/mol. The molecule has 4 aromatic carbocycles. The molecule has 0 saturated heterocycles. The highest BCUT2D eigenvalue weighted by atomic mass is 16.5. The summed E-state index contributed by atoms with van der Waals surface area (Å²) in [6.45, 7) is 0. The van der Waals surface area contributed by atoms with E-state index in [4.69, 9.17) is 9.47 Å². The van der Waals surface area contributed by atoms with Crippen LogP contribution in [0.25, 0.3) is 33.0 Å². The third-order valence-corrected chi connectivity index (χ3v) is 5.55. The van der Waals surface area contributed by atoms with E-state index in [1.54, 1.807) is 31.5 Å². The number of rotatable bonds is 5. The van der Waals surface area contributed by atoms with Gasteiger partial charge in [0.05, 0.1) is 12.7 Å². The summed E-state index contributed by atoms with van der Waals surface area (Å²) in [6, 6.07) is 33.0. The van der Waals surface area contributed by atoms with Gasteiger partial charge in [-0.2, -0.15) is 0 Å². The minimum absolute atomic E-state index is 0.413. The summed E-state index contributed by atoms with van der Waals surface area (Å²) in [6.07, 6.45) is 1.76. The Morgan fingerprint density at radius 2 is 1.33 bits per heavy atom. The van der Waals surface area contributed by atoms with Crippen molar-refractivity contribution in [2.24, 2.45) is 0 Å². The second kappa shape index (κ2) is 8.97. The fraction of sp³-hybridized carbons (Fsp3) is 0.0345. The lowest BCUT2D eigenvalue weighted by atomic mass is 9.97. The molecular formula is C29H21NO3. The number of methoxy groups -OCH3 is 1. The molecule has 33 heavy (non-hydrogen) atoms. The second-order valence-corrected chi connectivity index (χ2v) is 7.56. The Labute approximate surface area is 192 Å². The summed E-state index contributed by atoms with van der Waals surface area (Å²) in [5.41, 5.74) is 4.60. The first-order valence-electron chi connectivity index (χ1n) is 10.6. The van der Waals surface area contributed by atoms with Crippen LogP contribution in [-0.4, -0.2) is 18.1 Å². The van der Waals surface area contributed by atoms with E-state index in [-0.39, 0.29) is 0 Å². The average Bonchev–Trinajstić information content (AvgIpc) is 2.89. The molecule has 1 aromatic heterocycles. The molecule has 0 unspecified atom stereocenters. The topological polar surface area (TPSA) is 48.4 Å². The van der Waals surface area contributed by atoms with E-state index in [1.165, 1.54) is 0 Å². The lowest BCUT2D eigenvalue weighted by molar-refractivity contribution is 0.0737. The standard InChI is InChI=1S/C29H21NO3/c1-32-28-24-13-8-14-26(33-29(31)23-11-6-3-7-12-23)27(24)25(19-30-28)22-17-15-21(16-18-22)20-9-4-2-5-10-20/h2-19H,1H3. The number of benzene rings is 4. The molecule has 0 radical (unpaired) electrons. The molecule has 0 bridgehead atoms. The molecule has 1 heterocycles. The number of ether oxygens (including phenoxy) is 2. The Morgan fingerprint density at radius 1 is 0.697 bits per heavy atom. The third-order valence-electron chi connectivity index (χ3n) is 5.55. The number of nitrogens with zero attached hydrogens (tertiary/aromatic N) is 1. The van der Waals surface area contributed by atoms with Crippen LogP contribution in [0.4, 0.5) is 0 Å². The van der Waals surface area contributed by atoms with Crippen LogP contribution >= 0.6 is 0 Å². The van der Waals surface area contributed by atoms with Crippen molar-refractivity contribution in [2.75, 3.05) is 7.11 Å². The Morgan fingerprint density at radius 3 is 2.03 bits per heavy atom. The van der Waals surface area contributed by atoms with Gasteiger partial charge in [-0.05, 0) is 41.0 Å². The number of carbonyl (C=O) groups is 1. The van der Waals surface area contributed by atoms with Crippen LogP contribution < -0.4 is 9.47 Å². The van der Waals surface area contributed by atoms with E-state index in [0.717, 1.165) is 33.0 Å². The summed E-state index contributed by atoms with van der Waals surface area (Å²) in [5.74, 6) is 0.528. The third kappa shape index (κ3) is 4.06. The van der Waals surface area contributed by atoms with Gasteiger partial charge >= 0.3 is 5.97 Å². The van der Waals surface area contributed by atoms with Gasteiger partial charge in [0, 0.05) is 22.5 Å². The number of esters is 1. The summed E-state index contributed by atoms with van der Waals surface area (Å²) in [5, 5.41) is 1.56. The number of hydrogen-bond donors (Lipinski definition) is 0. The zero-order chi connectivity index (χ0) is 22.6. The molecule has 0 saturated carbocycles. The fourth-order valence-corrected chi connectivity index (χ4v) is 3.92. The van der Waals surface area contributed by atoms with Gasteiger partial charge in [0.2, 0.25) is 5.88 Å². The van der Waals surface area contributed by atoms with Crippen molar-refractivity contribution >= 4 is 16.7 Å². The van der Waals surface area contributed by atoms with Gasteiger partial charge in [0.25, 0.3) is 0 Å². The normalized spacial score (nSPS) is 10.7. The highest BCUT2D eigenvalue weighted by Crippen LogP contribution is 2.39. The molecule has 0 spiro atoms. The highest BCUT2D eigenvalue weighted by molar-refractivity contribution is 6.04. The van der Waals surface area contributed by atoms with Gasteiger partial charge in [-0.15, -0.1) is 0 Å². The molecular weight excluding hydrogens is 410 g/mol. The maximum Gasteiger partial charge on any atom is 0.343 e. The van der Waals surface area contributed by atoms with Crippen LogP contribution in [0, 0.1) is 0 Å². The molecule has 0 fully saturated rings. The van der Waals surface area contributed by atoms with E-state index in [2.05, 4.69) is 41.4 Å². The van der Waals surface area contributed by atoms with Crippen LogP contribution in [0.2, 0.25) is 0 Å². The van der Waals surface area contributed by atoms with Crippen LogP contribution in [0.15, 0.2) is 109 Å². The minimum Gasteiger partial charge on any atom is -0.481 e.